The third kappa shape index (κ3) is 7.93. The van der Waals surface area contributed by atoms with Gasteiger partial charge in [0, 0.05) is 24.2 Å². The summed E-state index contributed by atoms with van der Waals surface area (Å²) >= 11 is 7.63. The van der Waals surface area contributed by atoms with Crippen LogP contribution in [0.3, 0.4) is 0 Å². The average molecular weight is 616 g/mol. The Morgan fingerprint density at radius 3 is 0.881 bits per heavy atom. The van der Waals surface area contributed by atoms with Crippen molar-refractivity contribution in [2.75, 3.05) is 0 Å². The third-order valence-electron chi connectivity index (χ3n) is 13.1. The van der Waals surface area contributed by atoms with Crippen molar-refractivity contribution in [1.82, 2.24) is 14.3 Å². The summed E-state index contributed by atoms with van der Waals surface area (Å²) in [5.74, 6) is 1.73. The predicted octanol–water partition coefficient (Wildman–Crippen LogP) is 11.4. The fourth-order valence-electron chi connectivity index (χ4n) is 10.9. The molecule has 6 aliphatic rings. The number of rotatable bonds is 10. The lowest BCUT2D eigenvalue weighted by molar-refractivity contribution is 0.129. The molecule has 0 heterocycles. The predicted molar refractivity (Wildman–Crippen MR) is 188 cm³/mol. The van der Waals surface area contributed by atoms with Crippen molar-refractivity contribution in [3.63, 3.8) is 0 Å². The molecule has 0 aromatic rings. The van der Waals surface area contributed by atoms with Gasteiger partial charge >= 0.3 is 0 Å². The maximum atomic E-state index is 7.63. The van der Waals surface area contributed by atoms with Crippen LogP contribution < -0.4 is 5.00 Å². The second-order valence-electron chi connectivity index (χ2n) is 15.9. The van der Waals surface area contributed by atoms with Crippen molar-refractivity contribution in [2.45, 2.75) is 228 Å². The van der Waals surface area contributed by atoms with Gasteiger partial charge in [0.15, 0.2) is 0 Å². The molecule has 6 rings (SSSR count). The summed E-state index contributed by atoms with van der Waals surface area (Å²) in [6, 6.07) is 2.92. The van der Waals surface area contributed by atoms with E-state index in [2.05, 4.69) is 9.34 Å². The SMILES string of the molecule is S=P(NB(C1CCCCC1)C1CCCCC1)(N(C1CCCCC1)C1CCCCC1)N(C1CCCCC1)C1CCCCC1. The van der Waals surface area contributed by atoms with Crippen molar-refractivity contribution >= 4 is 25.1 Å². The van der Waals surface area contributed by atoms with Gasteiger partial charge in [0.1, 0.15) is 6.49 Å². The molecule has 0 amide bonds. The summed E-state index contributed by atoms with van der Waals surface area (Å²) in [7, 11) is 0. The molecule has 0 unspecified atom stereocenters. The molecule has 6 fully saturated rings. The van der Waals surface area contributed by atoms with E-state index in [0.717, 1.165) is 35.8 Å². The standard InChI is InChI=1S/C36H67BN3PS/c42-41(39(33-23-11-3-12-24-33)34-25-13-4-14-26-34,40(35-27-15-5-16-28-35)36-29-17-6-18-30-36)38-37(31-19-7-1-8-20-31)32-21-9-2-10-22-32/h31-36H,1-30H2,(H,38,42). The van der Waals surface area contributed by atoms with Crippen molar-refractivity contribution in [2.24, 2.45) is 0 Å². The van der Waals surface area contributed by atoms with Gasteiger partial charge in [-0.15, -0.1) is 0 Å². The molecule has 0 bridgehead atoms. The largest absolute Gasteiger partial charge is 0.304 e. The first-order valence-corrected chi connectivity index (χ1v) is 22.4. The fourth-order valence-corrected chi connectivity index (χ4v) is 16.9. The Morgan fingerprint density at radius 1 is 0.381 bits per heavy atom. The fraction of sp³-hybridized carbons (Fsp3) is 1.00. The average Bonchev–Trinajstić information content (AvgIpc) is 3.07. The summed E-state index contributed by atoms with van der Waals surface area (Å²) in [6.07, 6.45) is 43.2. The van der Waals surface area contributed by atoms with Crippen LogP contribution in [0.2, 0.25) is 11.6 Å². The highest BCUT2D eigenvalue weighted by atomic mass is 32.4. The van der Waals surface area contributed by atoms with Gasteiger partial charge in [-0.1, -0.05) is 141 Å². The lowest BCUT2D eigenvalue weighted by Crippen LogP contribution is -2.57. The molecule has 42 heavy (non-hydrogen) atoms. The molecular formula is C36H67BN3PS. The second kappa shape index (κ2) is 16.4. The highest BCUT2D eigenvalue weighted by Gasteiger charge is 2.50. The van der Waals surface area contributed by atoms with Gasteiger partial charge in [-0.2, -0.15) is 0 Å². The maximum absolute atomic E-state index is 7.63. The lowest BCUT2D eigenvalue weighted by Gasteiger charge is -2.58. The van der Waals surface area contributed by atoms with Crippen molar-refractivity contribution in [3.05, 3.63) is 0 Å². The van der Waals surface area contributed by atoms with E-state index in [4.69, 9.17) is 16.8 Å². The van der Waals surface area contributed by atoms with Gasteiger partial charge in [-0.05, 0) is 74.8 Å². The summed E-state index contributed by atoms with van der Waals surface area (Å²) in [4.78, 5) is 4.84. The minimum absolute atomic E-state index is 0.667. The summed E-state index contributed by atoms with van der Waals surface area (Å²) in [5, 5.41) is 0. The zero-order valence-electron chi connectivity index (χ0n) is 27.5. The van der Waals surface area contributed by atoms with E-state index < -0.39 is 6.49 Å². The Bertz CT molecular complexity index is 724. The van der Waals surface area contributed by atoms with Crippen LogP contribution in [0.1, 0.15) is 193 Å². The molecule has 0 aromatic carbocycles. The van der Waals surface area contributed by atoms with Crippen LogP contribution in [0, 0.1) is 0 Å². The topological polar surface area (TPSA) is 18.5 Å². The van der Waals surface area contributed by atoms with Gasteiger partial charge in [-0.3, -0.25) is 0 Å². The lowest BCUT2D eigenvalue weighted by atomic mass is 9.39. The van der Waals surface area contributed by atoms with Crippen LogP contribution in [-0.4, -0.2) is 40.4 Å². The van der Waals surface area contributed by atoms with E-state index in [1.807, 2.05) is 0 Å². The van der Waals surface area contributed by atoms with Crippen LogP contribution in [0.5, 0.6) is 0 Å². The molecule has 6 aliphatic carbocycles. The third-order valence-corrected chi connectivity index (χ3v) is 17.7. The van der Waals surface area contributed by atoms with E-state index in [-0.39, 0.29) is 0 Å². The van der Waals surface area contributed by atoms with Gasteiger partial charge < -0.3 is 5.00 Å². The van der Waals surface area contributed by atoms with Crippen LogP contribution in [0.15, 0.2) is 0 Å². The maximum Gasteiger partial charge on any atom is 0.233 e. The molecule has 0 aliphatic heterocycles. The zero-order valence-corrected chi connectivity index (χ0v) is 29.2. The van der Waals surface area contributed by atoms with Gasteiger partial charge in [0.2, 0.25) is 6.85 Å². The van der Waals surface area contributed by atoms with Crippen molar-refractivity contribution in [1.29, 1.82) is 0 Å². The smallest absolute Gasteiger partial charge is 0.233 e. The second-order valence-corrected chi connectivity index (χ2v) is 19.7. The monoisotopic (exact) mass is 615 g/mol. The Kier molecular flexibility index (Phi) is 12.7. The molecule has 0 aromatic heterocycles. The van der Waals surface area contributed by atoms with E-state index in [1.54, 1.807) is 0 Å². The quantitative estimate of drug-likeness (QED) is 0.195. The number of nitrogens with one attached hydrogen (secondary N) is 1. The molecule has 240 valence electrons. The molecule has 6 heteroatoms. The summed E-state index contributed by atoms with van der Waals surface area (Å²) in [6.45, 7) is -1.49. The Morgan fingerprint density at radius 2 is 0.619 bits per heavy atom. The first kappa shape index (κ1) is 32.5. The molecule has 6 saturated carbocycles. The van der Waals surface area contributed by atoms with E-state index in [0.29, 0.717) is 6.85 Å². The molecular weight excluding hydrogens is 548 g/mol. The van der Waals surface area contributed by atoms with Crippen molar-refractivity contribution in [3.8, 4) is 0 Å². The molecule has 0 spiro atoms. The van der Waals surface area contributed by atoms with Gasteiger partial charge in [-0.25, -0.2) is 9.34 Å². The number of nitrogens with zero attached hydrogens (tertiary/aromatic N) is 2. The first-order chi connectivity index (χ1) is 20.7. The molecule has 3 nitrogen and oxygen atoms in total. The zero-order chi connectivity index (χ0) is 28.6. The Balaban J connectivity index is 1.44. The van der Waals surface area contributed by atoms with E-state index >= 15 is 0 Å². The van der Waals surface area contributed by atoms with Gasteiger partial charge in [0.05, 0.1) is 0 Å². The molecule has 1 N–H and O–H groups in total. The number of hydrogen-bond donors (Lipinski definition) is 1. The molecule has 0 radical (unpaired) electrons. The van der Waals surface area contributed by atoms with Crippen LogP contribution in [0.25, 0.3) is 0 Å². The summed E-state index contributed by atoms with van der Waals surface area (Å²) in [5.41, 5.74) is 0. The summed E-state index contributed by atoms with van der Waals surface area (Å²) < 4.78 is 6.45. The van der Waals surface area contributed by atoms with Crippen LogP contribution >= 0.6 is 6.49 Å². The van der Waals surface area contributed by atoms with Crippen LogP contribution in [0.4, 0.5) is 0 Å². The van der Waals surface area contributed by atoms with Gasteiger partial charge in [0.25, 0.3) is 0 Å². The van der Waals surface area contributed by atoms with E-state index in [9.17, 15) is 0 Å². The highest BCUT2D eigenvalue weighted by Crippen LogP contribution is 2.61. The number of hydrogen-bond acceptors (Lipinski definition) is 1. The Labute approximate surface area is 267 Å². The van der Waals surface area contributed by atoms with Crippen molar-refractivity contribution < 1.29 is 0 Å². The Hall–Kier alpha value is 0.595. The minimum atomic E-state index is -2.15. The highest BCUT2D eigenvalue weighted by molar-refractivity contribution is 8.11. The molecule has 0 saturated heterocycles. The van der Waals surface area contributed by atoms with E-state index in [1.165, 1.54) is 193 Å². The minimum Gasteiger partial charge on any atom is -0.304 e. The normalized spacial score (nSPS) is 28.0. The van der Waals surface area contributed by atoms with Crippen LogP contribution in [-0.2, 0) is 11.8 Å². The first-order valence-electron chi connectivity index (χ1n) is 19.7. The molecule has 0 atom stereocenters.